The molecule has 0 saturated carbocycles. The number of nitrogens with zero attached hydrogens (tertiary/aromatic N) is 2. The van der Waals surface area contributed by atoms with Crippen LogP contribution in [0.15, 0.2) is 67.0 Å². The highest BCUT2D eigenvalue weighted by molar-refractivity contribution is 6.04. The van der Waals surface area contributed by atoms with Crippen LogP contribution >= 0.6 is 0 Å². The number of aryl methyl sites for hydroxylation is 1. The molecule has 2 aromatic carbocycles. The molecule has 0 saturated heterocycles. The Hall–Kier alpha value is -3.67. The molecule has 6 heteroatoms. The first kappa shape index (κ1) is 17.7. The lowest BCUT2D eigenvalue weighted by Gasteiger charge is -2.08. The molecule has 0 aliphatic rings. The highest BCUT2D eigenvalue weighted by atomic mass is 19.1. The molecule has 0 fully saturated rings. The quantitative estimate of drug-likeness (QED) is 0.562. The minimum absolute atomic E-state index is 0.0978. The third-order valence-corrected chi connectivity index (χ3v) is 4.45. The minimum Gasteiger partial charge on any atom is -0.494 e. The summed E-state index contributed by atoms with van der Waals surface area (Å²) in [5, 5.41) is 2.79. The molecule has 0 aliphatic carbocycles. The first-order valence-corrected chi connectivity index (χ1v) is 8.74. The van der Waals surface area contributed by atoms with E-state index in [9.17, 15) is 9.18 Å². The molecule has 2 heterocycles. The normalized spacial score (nSPS) is 10.8. The number of pyridine rings is 1. The summed E-state index contributed by atoms with van der Waals surface area (Å²) in [6.07, 6.45) is 3.90. The molecule has 28 heavy (non-hydrogen) atoms. The number of fused-ring (bicyclic) bond motifs is 1. The lowest BCUT2D eigenvalue weighted by molar-refractivity contribution is 0.102. The van der Waals surface area contributed by atoms with E-state index in [1.165, 1.54) is 19.2 Å². The molecule has 2 aromatic heterocycles. The summed E-state index contributed by atoms with van der Waals surface area (Å²) in [5.41, 5.74) is 4.49. The first-order valence-electron chi connectivity index (χ1n) is 8.74. The van der Waals surface area contributed by atoms with Crippen molar-refractivity contribution in [2.45, 2.75) is 6.92 Å². The van der Waals surface area contributed by atoms with Crippen LogP contribution in [0.2, 0.25) is 0 Å². The van der Waals surface area contributed by atoms with E-state index in [-0.39, 0.29) is 11.3 Å². The number of aromatic nitrogens is 2. The van der Waals surface area contributed by atoms with Crippen molar-refractivity contribution in [2.24, 2.45) is 0 Å². The highest BCUT2D eigenvalue weighted by Gasteiger charge is 2.11. The fraction of sp³-hybridized carbons (Fsp3) is 0.0909. The van der Waals surface area contributed by atoms with Crippen LogP contribution in [0.4, 0.5) is 10.1 Å². The van der Waals surface area contributed by atoms with Crippen molar-refractivity contribution in [1.29, 1.82) is 0 Å². The van der Waals surface area contributed by atoms with Gasteiger partial charge in [-0.25, -0.2) is 9.37 Å². The molecule has 4 aromatic rings. The number of halogens is 1. The molecule has 1 N–H and O–H groups in total. The molecule has 4 rings (SSSR count). The minimum atomic E-state index is -0.580. The Morgan fingerprint density at radius 3 is 2.79 bits per heavy atom. The number of imidazole rings is 1. The Bertz CT molecular complexity index is 1180. The number of carbonyl (C=O) groups is 1. The van der Waals surface area contributed by atoms with E-state index in [0.717, 1.165) is 28.5 Å². The molecule has 1 amide bonds. The van der Waals surface area contributed by atoms with E-state index in [1.54, 1.807) is 6.07 Å². The summed E-state index contributed by atoms with van der Waals surface area (Å²) >= 11 is 0. The third-order valence-electron chi connectivity index (χ3n) is 4.45. The van der Waals surface area contributed by atoms with Gasteiger partial charge in [-0.05, 0) is 55.0 Å². The van der Waals surface area contributed by atoms with E-state index in [1.807, 2.05) is 54.0 Å². The van der Waals surface area contributed by atoms with Crippen LogP contribution in [-0.2, 0) is 0 Å². The summed E-state index contributed by atoms with van der Waals surface area (Å²) in [7, 11) is 1.38. The van der Waals surface area contributed by atoms with Gasteiger partial charge in [0.25, 0.3) is 5.91 Å². The van der Waals surface area contributed by atoms with Crippen molar-refractivity contribution in [3.05, 3.63) is 83.9 Å². The number of ether oxygens (including phenoxy) is 1. The van der Waals surface area contributed by atoms with Gasteiger partial charge in [0.05, 0.1) is 12.8 Å². The first-order chi connectivity index (χ1) is 13.5. The van der Waals surface area contributed by atoms with Gasteiger partial charge >= 0.3 is 0 Å². The van der Waals surface area contributed by atoms with E-state index in [2.05, 4.69) is 10.3 Å². The summed E-state index contributed by atoms with van der Waals surface area (Å²) < 4.78 is 20.7. The van der Waals surface area contributed by atoms with Gasteiger partial charge in [0, 0.05) is 29.2 Å². The molecule has 140 valence electrons. The predicted molar refractivity (Wildman–Crippen MR) is 106 cm³/mol. The number of hydrogen-bond donors (Lipinski definition) is 1. The van der Waals surface area contributed by atoms with Crippen molar-refractivity contribution in [3.8, 4) is 17.0 Å². The summed E-state index contributed by atoms with van der Waals surface area (Å²) in [6.45, 7) is 2.02. The fourth-order valence-electron chi connectivity index (χ4n) is 2.99. The second-order valence-corrected chi connectivity index (χ2v) is 6.48. The smallest absolute Gasteiger partial charge is 0.255 e. The van der Waals surface area contributed by atoms with Crippen molar-refractivity contribution < 1.29 is 13.9 Å². The molecular formula is C22H18FN3O2. The van der Waals surface area contributed by atoms with E-state index >= 15 is 0 Å². The lowest BCUT2D eigenvalue weighted by atomic mass is 10.1. The van der Waals surface area contributed by atoms with Gasteiger partial charge in [0.2, 0.25) is 0 Å². The highest BCUT2D eigenvalue weighted by Crippen LogP contribution is 2.24. The van der Waals surface area contributed by atoms with Gasteiger partial charge in [-0.2, -0.15) is 0 Å². The van der Waals surface area contributed by atoms with Gasteiger partial charge in [0.1, 0.15) is 5.65 Å². The standard InChI is InChI=1S/C22H18FN3O2/c1-14-8-9-26-13-19(25-21(26)10-14)15-4-3-5-17(11-15)24-22(27)16-6-7-20(28-2)18(23)12-16/h3-13H,1-2H3,(H,24,27). The molecule has 0 aliphatic heterocycles. The third kappa shape index (κ3) is 3.44. The maximum absolute atomic E-state index is 13.8. The number of benzene rings is 2. The summed E-state index contributed by atoms with van der Waals surface area (Å²) in [4.78, 5) is 17.1. The zero-order valence-corrected chi connectivity index (χ0v) is 15.4. The Balaban J connectivity index is 1.59. The van der Waals surface area contributed by atoms with Crippen molar-refractivity contribution in [1.82, 2.24) is 9.38 Å². The van der Waals surface area contributed by atoms with Crippen LogP contribution in [0.3, 0.4) is 0 Å². The van der Waals surface area contributed by atoms with Crippen LogP contribution in [0.5, 0.6) is 5.75 Å². The maximum Gasteiger partial charge on any atom is 0.255 e. The van der Waals surface area contributed by atoms with Gasteiger partial charge in [-0.1, -0.05) is 12.1 Å². The van der Waals surface area contributed by atoms with Crippen LogP contribution in [0.25, 0.3) is 16.9 Å². The molecule has 0 radical (unpaired) electrons. The SMILES string of the molecule is COc1ccc(C(=O)Nc2cccc(-c3cn4ccc(C)cc4n3)c2)cc1F. The van der Waals surface area contributed by atoms with E-state index in [4.69, 9.17) is 4.74 Å². The molecule has 0 atom stereocenters. The van der Waals surface area contributed by atoms with Gasteiger partial charge in [0.15, 0.2) is 11.6 Å². The molecule has 5 nitrogen and oxygen atoms in total. The van der Waals surface area contributed by atoms with E-state index in [0.29, 0.717) is 5.69 Å². The number of anilines is 1. The Labute approximate surface area is 161 Å². The Morgan fingerprint density at radius 2 is 2.00 bits per heavy atom. The second-order valence-electron chi connectivity index (χ2n) is 6.48. The predicted octanol–water partition coefficient (Wildman–Crippen LogP) is 4.71. The Morgan fingerprint density at radius 1 is 1.14 bits per heavy atom. The summed E-state index contributed by atoms with van der Waals surface area (Å²) in [6, 6.07) is 15.5. The van der Waals surface area contributed by atoms with Crippen LogP contribution in [0, 0.1) is 12.7 Å². The van der Waals surface area contributed by atoms with Gasteiger partial charge in [-0.15, -0.1) is 0 Å². The largest absolute Gasteiger partial charge is 0.494 e. The summed E-state index contributed by atoms with van der Waals surface area (Å²) in [5.74, 6) is -0.881. The number of hydrogen-bond acceptors (Lipinski definition) is 3. The Kier molecular flexibility index (Phi) is 4.53. The topological polar surface area (TPSA) is 55.6 Å². The molecule has 0 bridgehead atoms. The zero-order chi connectivity index (χ0) is 19.7. The van der Waals surface area contributed by atoms with Crippen molar-refractivity contribution in [2.75, 3.05) is 12.4 Å². The second kappa shape index (κ2) is 7.15. The van der Waals surface area contributed by atoms with Gasteiger partial charge in [-0.3, -0.25) is 4.79 Å². The number of carbonyl (C=O) groups excluding carboxylic acids is 1. The zero-order valence-electron chi connectivity index (χ0n) is 15.4. The maximum atomic E-state index is 13.8. The monoisotopic (exact) mass is 375 g/mol. The van der Waals surface area contributed by atoms with E-state index < -0.39 is 11.7 Å². The number of methoxy groups -OCH3 is 1. The number of rotatable bonds is 4. The molecule has 0 unspecified atom stereocenters. The van der Waals surface area contributed by atoms with Gasteiger partial charge < -0.3 is 14.5 Å². The van der Waals surface area contributed by atoms with Crippen LogP contribution in [0.1, 0.15) is 15.9 Å². The average Bonchev–Trinajstić information content (AvgIpc) is 3.11. The number of nitrogens with one attached hydrogen (secondary N) is 1. The van der Waals surface area contributed by atoms with Crippen LogP contribution in [-0.4, -0.2) is 22.4 Å². The van der Waals surface area contributed by atoms with Crippen LogP contribution < -0.4 is 10.1 Å². The lowest BCUT2D eigenvalue weighted by Crippen LogP contribution is -2.12. The van der Waals surface area contributed by atoms with Crippen molar-refractivity contribution in [3.63, 3.8) is 0 Å². The average molecular weight is 375 g/mol. The molecular weight excluding hydrogens is 357 g/mol. The number of amides is 1. The molecule has 0 spiro atoms. The fourth-order valence-corrected chi connectivity index (χ4v) is 2.99. The van der Waals surface area contributed by atoms with Crippen molar-refractivity contribution >= 4 is 17.2 Å².